The molecule has 11 nitrogen and oxygen atoms in total. The van der Waals surface area contributed by atoms with Crippen molar-refractivity contribution in [3.05, 3.63) is 46.6 Å². The third-order valence-electron chi connectivity index (χ3n) is 9.07. The summed E-state index contributed by atoms with van der Waals surface area (Å²) in [6.07, 6.45) is 6.54. The van der Waals surface area contributed by atoms with Gasteiger partial charge in [-0.3, -0.25) is 14.6 Å². The summed E-state index contributed by atoms with van der Waals surface area (Å²) in [5.74, 6) is 1.66. The number of nitrogens with one attached hydrogen (secondary N) is 2. The zero-order valence-electron chi connectivity index (χ0n) is 25.3. The van der Waals surface area contributed by atoms with Crippen LogP contribution < -0.4 is 15.5 Å². The Kier molecular flexibility index (Phi) is 8.54. The number of anilines is 1. The number of sulfonamides is 1. The topological polar surface area (TPSA) is 137 Å². The molecule has 5 rings (SSSR count). The largest absolute Gasteiger partial charge is 0.496 e. The normalized spacial score (nSPS) is 26.1. The van der Waals surface area contributed by atoms with Gasteiger partial charge in [0.2, 0.25) is 10.0 Å². The van der Waals surface area contributed by atoms with Crippen molar-refractivity contribution in [3.8, 4) is 0 Å². The van der Waals surface area contributed by atoms with E-state index in [4.69, 9.17) is 9.73 Å². The molecule has 1 unspecified atom stereocenters. The van der Waals surface area contributed by atoms with E-state index < -0.39 is 33.5 Å². The lowest BCUT2D eigenvalue weighted by atomic mass is 9.82. The lowest BCUT2D eigenvalue weighted by Gasteiger charge is -2.34. The number of amides is 4. The number of amidine groups is 1. The number of benzene rings is 1. The molecular weight excluding hydrogens is 570 g/mol. The van der Waals surface area contributed by atoms with Crippen LogP contribution in [0.3, 0.4) is 0 Å². The molecular formula is C31H41N5O6S. The number of carbonyl (C=O) groups excluding carboxylic acids is 3. The predicted octanol–water partition coefficient (Wildman–Crippen LogP) is 3.77. The Hall–Kier alpha value is -3.51. The average molecular weight is 612 g/mol. The van der Waals surface area contributed by atoms with E-state index in [1.165, 1.54) is 9.71 Å². The highest BCUT2D eigenvalue weighted by molar-refractivity contribution is 7.92. The van der Waals surface area contributed by atoms with Crippen LogP contribution in [-0.2, 0) is 24.3 Å². The zero-order valence-corrected chi connectivity index (χ0v) is 26.1. The smallest absolute Gasteiger partial charge is 0.329 e. The van der Waals surface area contributed by atoms with Crippen molar-refractivity contribution in [2.24, 2.45) is 16.8 Å². The minimum absolute atomic E-state index is 0.0112. The van der Waals surface area contributed by atoms with E-state index in [9.17, 15) is 22.8 Å². The number of nitrogens with zero attached hydrogens (tertiary/aromatic N) is 3. The zero-order chi connectivity index (χ0) is 31.1. The number of allylic oxidation sites excluding steroid dienone is 1. The van der Waals surface area contributed by atoms with Crippen molar-refractivity contribution in [2.75, 3.05) is 24.6 Å². The first-order chi connectivity index (χ1) is 20.3. The van der Waals surface area contributed by atoms with Crippen LogP contribution in [0.25, 0.3) is 6.08 Å². The summed E-state index contributed by atoms with van der Waals surface area (Å²) in [6, 6.07) is 2.01. The van der Waals surface area contributed by atoms with Gasteiger partial charge in [0, 0.05) is 24.4 Å². The summed E-state index contributed by atoms with van der Waals surface area (Å²) in [4.78, 5) is 44.4. The van der Waals surface area contributed by atoms with Crippen molar-refractivity contribution in [2.45, 2.75) is 77.8 Å². The molecule has 3 fully saturated rings. The number of rotatable bonds is 8. The molecule has 232 valence electrons. The molecule has 1 atom stereocenters. The molecule has 1 aliphatic carbocycles. The second-order valence-corrected chi connectivity index (χ2v) is 14.2. The van der Waals surface area contributed by atoms with Gasteiger partial charge in [0.05, 0.1) is 11.4 Å². The summed E-state index contributed by atoms with van der Waals surface area (Å²) in [5.41, 5.74) is 1.62. The quantitative estimate of drug-likeness (QED) is 0.339. The fourth-order valence-corrected chi connectivity index (χ4v) is 7.59. The molecule has 1 spiro atoms. The van der Waals surface area contributed by atoms with Gasteiger partial charge in [0.1, 0.15) is 24.0 Å². The number of aliphatic imine (C=N–C) groups is 1. The highest BCUT2D eigenvalue weighted by Crippen LogP contribution is 2.36. The number of hydrogen-bond acceptors (Lipinski definition) is 7. The standard InChI is InChI=1S/C31H41N5O6S/c1-19(2)42-18-26-28(37)36(30(39)32-26)24-16-21(4)25(22(5)17-24)10-15-43(40,41)35-13-11-31(12-14-35)29(38)33-27(34-31)23-8-6-20(3)7-9-23/h10,15-17,20,23,26H,1,6-9,11-14,18H2,2-5H3,(H,32,39)(H,33,34,38)/b15-10+. The van der Waals surface area contributed by atoms with Crippen molar-refractivity contribution in [1.82, 2.24) is 14.9 Å². The molecule has 4 amide bonds. The van der Waals surface area contributed by atoms with Gasteiger partial charge in [0.15, 0.2) is 0 Å². The van der Waals surface area contributed by atoms with Gasteiger partial charge in [0.25, 0.3) is 11.8 Å². The van der Waals surface area contributed by atoms with Crippen molar-refractivity contribution < 1.29 is 27.5 Å². The SMILES string of the molecule is C=C(C)OCC1NC(=O)N(c2cc(C)c(/C=C/S(=O)(=O)N3CCC4(CC3)N=C(C3CCC(C)CC3)NC4=O)c(C)c2)C1=O. The third-order valence-corrected chi connectivity index (χ3v) is 10.6. The van der Waals surface area contributed by atoms with Gasteiger partial charge < -0.3 is 15.4 Å². The molecule has 0 radical (unpaired) electrons. The number of aryl methyl sites for hydroxylation is 2. The molecule has 4 aliphatic rings. The molecule has 1 aromatic rings. The highest BCUT2D eigenvalue weighted by Gasteiger charge is 2.48. The Bertz CT molecular complexity index is 1480. The van der Waals surface area contributed by atoms with Crippen molar-refractivity contribution in [3.63, 3.8) is 0 Å². The first kappa shape index (κ1) is 30.9. The number of ether oxygens (including phenoxy) is 1. The van der Waals surface area contributed by atoms with Crippen LogP contribution in [0, 0.1) is 25.7 Å². The minimum atomic E-state index is -3.76. The molecule has 2 N–H and O–H groups in total. The van der Waals surface area contributed by atoms with Gasteiger partial charge in [-0.15, -0.1) is 0 Å². The van der Waals surface area contributed by atoms with E-state index in [0.717, 1.165) is 36.4 Å². The molecule has 1 saturated carbocycles. The minimum Gasteiger partial charge on any atom is -0.496 e. The Balaban J connectivity index is 1.25. The van der Waals surface area contributed by atoms with Crippen LogP contribution in [0.4, 0.5) is 10.5 Å². The fourth-order valence-electron chi connectivity index (χ4n) is 6.42. The summed E-state index contributed by atoms with van der Waals surface area (Å²) >= 11 is 0. The maximum Gasteiger partial charge on any atom is 0.329 e. The van der Waals surface area contributed by atoms with Gasteiger partial charge in [-0.25, -0.2) is 18.1 Å². The number of carbonyl (C=O) groups is 3. The Morgan fingerprint density at radius 2 is 1.74 bits per heavy atom. The lowest BCUT2D eigenvalue weighted by Crippen LogP contribution is -2.50. The third kappa shape index (κ3) is 6.26. The number of imide groups is 1. The lowest BCUT2D eigenvalue weighted by molar-refractivity contribution is -0.125. The van der Waals surface area contributed by atoms with Crippen LogP contribution in [0.5, 0.6) is 0 Å². The summed E-state index contributed by atoms with van der Waals surface area (Å²) < 4.78 is 33.3. The van der Waals surface area contributed by atoms with E-state index in [1.54, 1.807) is 39.0 Å². The second-order valence-electron chi connectivity index (χ2n) is 12.4. The Morgan fingerprint density at radius 1 is 1.12 bits per heavy atom. The van der Waals surface area contributed by atoms with E-state index in [1.807, 2.05) is 0 Å². The van der Waals surface area contributed by atoms with Crippen LogP contribution in [-0.4, -0.2) is 67.7 Å². The van der Waals surface area contributed by atoms with Crippen LogP contribution in [0.15, 0.2) is 34.9 Å². The van der Waals surface area contributed by atoms with Gasteiger partial charge in [-0.05, 0) is 87.3 Å². The number of piperidine rings is 1. The number of urea groups is 1. The van der Waals surface area contributed by atoms with Crippen molar-refractivity contribution in [1.29, 1.82) is 0 Å². The maximum absolute atomic E-state index is 13.3. The van der Waals surface area contributed by atoms with Gasteiger partial charge >= 0.3 is 6.03 Å². The Labute approximate surface area is 253 Å². The first-order valence-electron chi connectivity index (χ1n) is 14.9. The summed E-state index contributed by atoms with van der Waals surface area (Å²) in [6.45, 7) is 11.6. The highest BCUT2D eigenvalue weighted by atomic mass is 32.2. The first-order valence-corrected chi connectivity index (χ1v) is 16.4. The van der Waals surface area contributed by atoms with E-state index in [0.29, 0.717) is 46.9 Å². The molecule has 3 heterocycles. The molecule has 0 bridgehead atoms. The average Bonchev–Trinajstić information content (AvgIpc) is 3.41. The van der Waals surface area contributed by atoms with E-state index >= 15 is 0 Å². The van der Waals surface area contributed by atoms with E-state index in [-0.39, 0.29) is 31.5 Å². The van der Waals surface area contributed by atoms with Gasteiger partial charge in [-0.2, -0.15) is 4.31 Å². The van der Waals surface area contributed by atoms with Crippen LogP contribution in [0.1, 0.15) is 69.1 Å². The molecule has 1 aromatic carbocycles. The Morgan fingerprint density at radius 3 is 2.35 bits per heavy atom. The van der Waals surface area contributed by atoms with Crippen molar-refractivity contribution >= 4 is 45.5 Å². The predicted molar refractivity (Wildman–Crippen MR) is 165 cm³/mol. The van der Waals surface area contributed by atoms with Gasteiger partial charge in [-0.1, -0.05) is 26.3 Å². The molecule has 43 heavy (non-hydrogen) atoms. The fraction of sp³-hybridized carbons (Fsp3) is 0.548. The van der Waals surface area contributed by atoms with Crippen LogP contribution in [0.2, 0.25) is 0 Å². The van der Waals surface area contributed by atoms with Crippen LogP contribution >= 0.6 is 0 Å². The number of hydrogen-bond donors (Lipinski definition) is 2. The summed E-state index contributed by atoms with van der Waals surface area (Å²) in [7, 11) is -3.76. The maximum atomic E-state index is 13.3. The molecule has 3 aliphatic heterocycles. The molecule has 2 saturated heterocycles. The molecule has 0 aromatic heterocycles. The molecule has 12 heteroatoms. The summed E-state index contributed by atoms with van der Waals surface area (Å²) in [5, 5.41) is 6.83. The van der Waals surface area contributed by atoms with E-state index in [2.05, 4.69) is 24.1 Å². The monoisotopic (exact) mass is 611 g/mol. The second kappa shape index (κ2) is 11.9.